The summed E-state index contributed by atoms with van der Waals surface area (Å²) < 4.78 is 67.0. The molecule has 0 aromatic heterocycles. The number of unbranched alkanes of at least 4 members (excludes halogenated alkanes) is 27. The Balaban J connectivity index is 1.45. The topological polar surface area (TPSA) is 119 Å². The third-order valence-electron chi connectivity index (χ3n) is 14.6. The van der Waals surface area contributed by atoms with Gasteiger partial charge in [-0.05, 0) is 66.8 Å². The maximum Gasteiger partial charge on any atom is 0.338 e. The van der Waals surface area contributed by atoms with Gasteiger partial charge in [-0.2, -0.15) is 0 Å². The Morgan fingerprint density at radius 3 is 1.18 bits per heavy atom. The van der Waals surface area contributed by atoms with E-state index in [1.807, 2.05) is 48.5 Å². The first-order valence-electron chi connectivity index (χ1n) is 32.2. The molecule has 1 unspecified atom stereocenters. The normalized spacial score (nSPS) is 14.7. The minimum Gasteiger partial charge on any atom is -0.494 e. The van der Waals surface area contributed by atoms with E-state index in [-0.39, 0.29) is 32.0 Å². The van der Waals surface area contributed by atoms with E-state index in [0.717, 1.165) is 54.7 Å². The average molecular weight is 1120 g/mol. The van der Waals surface area contributed by atoms with Crippen LogP contribution in [0.15, 0.2) is 60.7 Å². The van der Waals surface area contributed by atoms with Crippen LogP contribution in [-0.2, 0) is 41.6 Å². The van der Waals surface area contributed by atoms with Crippen LogP contribution in [-0.4, -0.2) is 98.0 Å². The molecule has 1 atom stereocenters. The van der Waals surface area contributed by atoms with Crippen LogP contribution in [0, 0.1) is 0 Å². The molecule has 1 heterocycles. The number of carbonyl (C=O) groups is 1. The van der Waals surface area contributed by atoms with E-state index in [4.69, 9.17) is 52.1 Å². The van der Waals surface area contributed by atoms with E-state index in [1.165, 1.54) is 161 Å². The van der Waals surface area contributed by atoms with Gasteiger partial charge in [-0.1, -0.05) is 218 Å². The van der Waals surface area contributed by atoms with Crippen LogP contribution in [0.5, 0.6) is 28.7 Å². The Hall–Kier alpha value is -4.07. The highest BCUT2D eigenvalue weighted by molar-refractivity contribution is 5.91. The number of rotatable bonds is 45. The second kappa shape index (κ2) is 48.5. The highest BCUT2D eigenvalue weighted by Crippen LogP contribution is 2.41. The first-order chi connectivity index (χ1) is 39.6. The SMILES string of the molecule is CCCCCCCCCCCCOc1ccc(COc2cc(C(=O)OCC3COCCOCCOCCOCCO3)cc(OCCCCCCCCCCCC)c2OCc2ccc(OCCCCCCCCCCCC)cc2)cc1. The van der Waals surface area contributed by atoms with Crippen molar-refractivity contribution in [1.82, 2.24) is 0 Å². The number of hydrogen-bond donors (Lipinski definition) is 0. The lowest BCUT2D eigenvalue weighted by atomic mass is 10.1. The molecule has 0 N–H and O–H groups in total. The van der Waals surface area contributed by atoms with E-state index in [9.17, 15) is 4.79 Å². The number of esters is 1. The maximum absolute atomic E-state index is 14.1. The van der Waals surface area contributed by atoms with Crippen LogP contribution in [0.2, 0.25) is 0 Å². The quantitative estimate of drug-likeness (QED) is 0.0396. The summed E-state index contributed by atoms with van der Waals surface area (Å²) in [6.07, 6.45) is 37.4. The van der Waals surface area contributed by atoms with Gasteiger partial charge in [0.2, 0.25) is 5.75 Å². The molecule has 0 spiro atoms. The second-order valence-corrected chi connectivity index (χ2v) is 21.8. The van der Waals surface area contributed by atoms with Crippen molar-refractivity contribution in [2.75, 3.05) is 85.9 Å². The third-order valence-corrected chi connectivity index (χ3v) is 14.6. The van der Waals surface area contributed by atoms with Crippen LogP contribution in [0.3, 0.4) is 0 Å². The van der Waals surface area contributed by atoms with Gasteiger partial charge >= 0.3 is 5.97 Å². The standard InChI is InChI=1S/C68H110O12/c1-4-7-10-13-16-19-22-25-28-31-42-74-62-38-34-59(35-39-62)55-78-66-54-61(68(69)80-58-64-57-73-50-49-71-46-45-70-47-48-72-51-52-76-64)53-65(77-44-33-30-27-24-21-18-15-12-9-6-3)67(66)79-56-60-36-40-63(41-37-60)75-43-32-29-26-23-20-17-14-11-8-5-2/h34-41,53-54,64H,4-33,42-52,55-58H2,1-3H3. The molecule has 3 aromatic rings. The van der Waals surface area contributed by atoms with E-state index >= 15 is 0 Å². The average Bonchev–Trinajstić information content (AvgIpc) is 3.50. The maximum atomic E-state index is 14.1. The van der Waals surface area contributed by atoms with Crippen molar-refractivity contribution in [3.05, 3.63) is 77.4 Å². The highest BCUT2D eigenvalue weighted by Gasteiger charge is 2.22. The predicted molar refractivity (Wildman–Crippen MR) is 323 cm³/mol. The summed E-state index contributed by atoms with van der Waals surface area (Å²) in [5, 5.41) is 0. The summed E-state index contributed by atoms with van der Waals surface area (Å²) in [6, 6.07) is 19.6. The zero-order chi connectivity index (χ0) is 56.4. The minimum atomic E-state index is -0.543. The van der Waals surface area contributed by atoms with Gasteiger partial charge in [0, 0.05) is 0 Å². The monoisotopic (exact) mass is 1120 g/mol. The Bertz CT molecular complexity index is 1870. The minimum absolute atomic E-state index is 0.0292. The fourth-order valence-corrected chi connectivity index (χ4v) is 9.61. The molecule has 0 radical (unpaired) electrons. The van der Waals surface area contributed by atoms with Crippen LogP contribution in [0.1, 0.15) is 235 Å². The Labute approximate surface area is 485 Å². The van der Waals surface area contributed by atoms with Crippen molar-refractivity contribution in [2.45, 2.75) is 233 Å². The van der Waals surface area contributed by atoms with Gasteiger partial charge in [0.05, 0.1) is 84.8 Å². The van der Waals surface area contributed by atoms with Gasteiger partial charge in [-0.25, -0.2) is 4.79 Å². The van der Waals surface area contributed by atoms with Gasteiger partial charge in [0.25, 0.3) is 0 Å². The molecule has 0 saturated carbocycles. The predicted octanol–water partition coefficient (Wildman–Crippen LogP) is 17.4. The van der Waals surface area contributed by atoms with E-state index in [1.54, 1.807) is 12.1 Å². The molecule has 1 fully saturated rings. The van der Waals surface area contributed by atoms with Crippen molar-refractivity contribution in [1.29, 1.82) is 0 Å². The molecule has 80 heavy (non-hydrogen) atoms. The molecule has 0 amide bonds. The molecular formula is C68H110O12. The molecule has 454 valence electrons. The van der Waals surface area contributed by atoms with Gasteiger partial charge in [0.1, 0.15) is 37.4 Å². The Morgan fingerprint density at radius 2 is 0.750 bits per heavy atom. The lowest BCUT2D eigenvalue weighted by Gasteiger charge is -2.20. The van der Waals surface area contributed by atoms with Gasteiger partial charge in [0.15, 0.2) is 11.5 Å². The largest absolute Gasteiger partial charge is 0.494 e. The van der Waals surface area contributed by atoms with Gasteiger partial charge < -0.3 is 52.1 Å². The van der Waals surface area contributed by atoms with Crippen LogP contribution in [0.4, 0.5) is 0 Å². The zero-order valence-electron chi connectivity index (χ0n) is 50.6. The highest BCUT2D eigenvalue weighted by atomic mass is 16.6. The van der Waals surface area contributed by atoms with Crippen LogP contribution >= 0.6 is 0 Å². The van der Waals surface area contributed by atoms with Gasteiger partial charge in [-0.15, -0.1) is 0 Å². The molecule has 1 saturated heterocycles. The Morgan fingerprint density at radius 1 is 0.400 bits per heavy atom. The molecule has 1 aliphatic rings. The molecule has 12 heteroatoms. The first-order valence-corrected chi connectivity index (χ1v) is 32.2. The lowest BCUT2D eigenvalue weighted by Crippen LogP contribution is -2.29. The fourth-order valence-electron chi connectivity index (χ4n) is 9.61. The molecule has 0 aliphatic carbocycles. The first kappa shape index (κ1) is 68.4. The van der Waals surface area contributed by atoms with Crippen molar-refractivity contribution in [2.24, 2.45) is 0 Å². The molecule has 4 rings (SSSR count). The smallest absolute Gasteiger partial charge is 0.338 e. The van der Waals surface area contributed by atoms with Crippen molar-refractivity contribution in [3.8, 4) is 28.7 Å². The third kappa shape index (κ3) is 34.4. The van der Waals surface area contributed by atoms with E-state index in [2.05, 4.69) is 20.8 Å². The second-order valence-electron chi connectivity index (χ2n) is 21.8. The summed E-state index contributed by atoms with van der Waals surface area (Å²) in [7, 11) is 0. The number of ether oxygens (including phenoxy) is 11. The number of benzene rings is 3. The van der Waals surface area contributed by atoms with E-state index in [0.29, 0.717) is 89.9 Å². The molecule has 1 aliphatic heterocycles. The summed E-state index contributed by atoms with van der Waals surface area (Å²) in [4.78, 5) is 14.1. The summed E-state index contributed by atoms with van der Waals surface area (Å²) >= 11 is 0. The molecule has 0 bridgehead atoms. The summed E-state index contributed by atoms with van der Waals surface area (Å²) in [5.74, 6) is 2.37. The van der Waals surface area contributed by atoms with Crippen molar-refractivity contribution < 1.29 is 56.9 Å². The van der Waals surface area contributed by atoms with Crippen LogP contribution in [0.25, 0.3) is 0 Å². The van der Waals surface area contributed by atoms with Crippen molar-refractivity contribution in [3.63, 3.8) is 0 Å². The van der Waals surface area contributed by atoms with E-state index < -0.39 is 12.1 Å². The molecular weight excluding hydrogens is 1010 g/mol. The lowest BCUT2D eigenvalue weighted by molar-refractivity contribution is -0.0689. The summed E-state index contributed by atoms with van der Waals surface area (Å²) in [5.41, 5.74) is 2.19. The van der Waals surface area contributed by atoms with Gasteiger partial charge in [-0.3, -0.25) is 0 Å². The fraction of sp³-hybridized carbons (Fsp3) is 0.721. The number of carbonyl (C=O) groups excluding carboxylic acids is 1. The Kier molecular flexibility index (Phi) is 41.5. The van der Waals surface area contributed by atoms with Crippen LogP contribution < -0.4 is 23.7 Å². The molecule has 12 nitrogen and oxygen atoms in total. The summed E-state index contributed by atoms with van der Waals surface area (Å²) in [6.45, 7) is 12.7. The van der Waals surface area contributed by atoms with Crippen molar-refractivity contribution >= 4 is 5.97 Å². The number of hydrogen-bond acceptors (Lipinski definition) is 12. The molecule has 3 aromatic carbocycles. The zero-order valence-corrected chi connectivity index (χ0v) is 50.6.